The summed E-state index contributed by atoms with van der Waals surface area (Å²) in [6, 6.07) is 25.5. The number of carbonyl (C=O) groups is 1. The molecule has 1 aromatic heterocycles. The van der Waals surface area contributed by atoms with Gasteiger partial charge in [0.1, 0.15) is 11.3 Å². The molecule has 1 saturated heterocycles. The maximum atomic E-state index is 12.6. The number of carbonyl (C=O) groups excluding carboxylic acids is 1. The molecule has 0 radical (unpaired) electrons. The van der Waals surface area contributed by atoms with Gasteiger partial charge < -0.3 is 24.1 Å². The molecule has 2 heterocycles. The second kappa shape index (κ2) is 13.0. The first-order valence-corrected chi connectivity index (χ1v) is 14.8. The lowest BCUT2D eigenvalue weighted by Gasteiger charge is -2.37. The van der Waals surface area contributed by atoms with Crippen LogP contribution in [0.2, 0.25) is 0 Å². The maximum absolute atomic E-state index is 12.6. The van der Waals surface area contributed by atoms with Crippen LogP contribution in [0.15, 0.2) is 88.9 Å². The molecule has 1 unspecified atom stereocenters. The third-order valence-electron chi connectivity index (χ3n) is 8.45. The standard InChI is InChI=1S/C37H38O6/c1-4-36(5-2,35(40)41-25-37(24-38)22-31(34(39)43-37)20-28-9-7-6-8-10-28)23-32-21-30-19-29(17-18-33(30)42-32)16-15-27-13-11-26(3)12-14-27/h6-14,17-21,35,38,40H,4-5,22-25H2,1-3H3/b31-20+/t35?,37-/m1/s1. The van der Waals surface area contributed by atoms with Crippen molar-refractivity contribution in [2.45, 2.75) is 58.3 Å². The van der Waals surface area contributed by atoms with Crippen molar-refractivity contribution in [1.82, 2.24) is 0 Å². The normalized spacial score (nSPS) is 18.4. The zero-order valence-electron chi connectivity index (χ0n) is 24.9. The van der Waals surface area contributed by atoms with Gasteiger partial charge in [0.05, 0.1) is 13.2 Å². The Balaban J connectivity index is 1.28. The highest BCUT2D eigenvalue weighted by atomic mass is 16.6. The van der Waals surface area contributed by atoms with Crippen LogP contribution in [0.5, 0.6) is 0 Å². The zero-order chi connectivity index (χ0) is 30.5. The number of rotatable bonds is 10. The molecule has 43 heavy (non-hydrogen) atoms. The number of aliphatic hydroxyl groups is 2. The number of aryl methyl sites for hydroxylation is 1. The maximum Gasteiger partial charge on any atom is 0.334 e. The van der Waals surface area contributed by atoms with Gasteiger partial charge in [-0.2, -0.15) is 0 Å². The van der Waals surface area contributed by atoms with Gasteiger partial charge >= 0.3 is 5.97 Å². The summed E-state index contributed by atoms with van der Waals surface area (Å²) >= 11 is 0. The summed E-state index contributed by atoms with van der Waals surface area (Å²) in [5.41, 5.74) is 3.23. The van der Waals surface area contributed by atoms with Gasteiger partial charge in [-0.25, -0.2) is 4.79 Å². The first-order chi connectivity index (χ1) is 20.8. The van der Waals surface area contributed by atoms with Gasteiger partial charge in [-0.05, 0) is 67.8 Å². The van der Waals surface area contributed by atoms with Crippen molar-refractivity contribution in [3.63, 3.8) is 0 Å². The highest BCUT2D eigenvalue weighted by Gasteiger charge is 2.46. The van der Waals surface area contributed by atoms with E-state index in [-0.39, 0.29) is 13.0 Å². The van der Waals surface area contributed by atoms with E-state index in [1.807, 2.05) is 92.7 Å². The van der Waals surface area contributed by atoms with E-state index in [0.717, 1.165) is 33.4 Å². The van der Waals surface area contributed by atoms with E-state index in [9.17, 15) is 15.0 Å². The molecule has 1 aliphatic heterocycles. The highest BCUT2D eigenvalue weighted by Crippen LogP contribution is 2.39. The average Bonchev–Trinajstić information content (AvgIpc) is 3.58. The lowest BCUT2D eigenvalue weighted by Crippen LogP contribution is -2.44. The number of hydrogen-bond donors (Lipinski definition) is 2. The predicted molar refractivity (Wildman–Crippen MR) is 167 cm³/mol. The summed E-state index contributed by atoms with van der Waals surface area (Å²) in [6.45, 7) is 5.52. The second-order valence-electron chi connectivity index (χ2n) is 11.5. The van der Waals surface area contributed by atoms with Crippen molar-refractivity contribution in [1.29, 1.82) is 0 Å². The molecule has 6 nitrogen and oxygen atoms in total. The minimum atomic E-state index is -1.25. The van der Waals surface area contributed by atoms with Gasteiger partial charge in [-0.1, -0.05) is 73.7 Å². The number of cyclic esters (lactones) is 1. The van der Waals surface area contributed by atoms with Crippen molar-refractivity contribution in [2.24, 2.45) is 5.41 Å². The van der Waals surface area contributed by atoms with Crippen molar-refractivity contribution in [2.75, 3.05) is 13.2 Å². The Morgan fingerprint density at radius 3 is 2.40 bits per heavy atom. The van der Waals surface area contributed by atoms with E-state index < -0.39 is 29.9 Å². The molecule has 0 spiro atoms. The van der Waals surface area contributed by atoms with Crippen LogP contribution in [0.3, 0.4) is 0 Å². The smallest absolute Gasteiger partial charge is 0.334 e. The van der Waals surface area contributed by atoms with Crippen LogP contribution in [0.1, 0.15) is 61.1 Å². The summed E-state index contributed by atoms with van der Waals surface area (Å²) in [4.78, 5) is 12.6. The summed E-state index contributed by atoms with van der Waals surface area (Å²) in [6.07, 6.45) is 2.48. The fourth-order valence-corrected chi connectivity index (χ4v) is 5.53. The largest absolute Gasteiger partial charge is 0.461 e. The topological polar surface area (TPSA) is 89.1 Å². The Bertz CT molecular complexity index is 1650. The molecular formula is C37H38O6. The summed E-state index contributed by atoms with van der Waals surface area (Å²) < 4.78 is 17.8. The molecule has 2 N–H and O–H groups in total. The van der Waals surface area contributed by atoms with Gasteiger partial charge in [0, 0.05) is 40.3 Å². The fraction of sp³-hybridized carbons (Fsp3) is 0.324. The first kappa shape index (κ1) is 30.3. The van der Waals surface area contributed by atoms with E-state index in [0.29, 0.717) is 24.8 Å². The molecule has 5 rings (SSSR count). The van der Waals surface area contributed by atoms with Gasteiger partial charge in [0.25, 0.3) is 0 Å². The molecule has 6 heteroatoms. The van der Waals surface area contributed by atoms with E-state index in [4.69, 9.17) is 13.9 Å². The van der Waals surface area contributed by atoms with Gasteiger partial charge in [0.2, 0.25) is 0 Å². The quantitative estimate of drug-likeness (QED) is 0.0956. The number of fused-ring (bicyclic) bond motifs is 1. The van der Waals surface area contributed by atoms with E-state index in [2.05, 4.69) is 18.8 Å². The molecular weight excluding hydrogens is 540 g/mol. The Hall–Kier alpha value is -4.15. The van der Waals surface area contributed by atoms with Crippen LogP contribution < -0.4 is 0 Å². The average molecular weight is 579 g/mol. The van der Waals surface area contributed by atoms with E-state index >= 15 is 0 Å². The predicted octanol–water partition coefficient (Wildman–Crippen LogP) is 6.59. The summed E-state index contributed by atoms with van der Waals surface area (Å²) in [7, 11) is 0. The van der Waals surface area contributed by atoms with Crippen LogP contribution in [-0.4, -0.2) is 41.3 Å². The monoisotopic (exact) mass is 578 g/mol. The third kappa shape index (κ3) is 6.92. The SMILES string of the molecule is CCC(CC)(Cc1cc2cc(C#Cc3ccc(C)cc3)ccc2o1)C(O)OC[C@]1(CO)C/C(=C\c2ccccc2)C(=O)O1. The van der Waals surface area contributed by atoms with Crippen LogP contribution in [0, 0.1) is 24.2 Å². The van der Waals surface area contributed by atoms with Crippen molar-refractivity contribution < 1.29 is 28.9 Å². The molecule has 0 amide bonds. The number of furan rings is 1. The van der Waals surface area contributed by atoms with Crippen molar-refractivity contribution >= 4 is 23.0 Å². The number of esters is 1. The molecule has 2 atom stereocenters. The molecule has 4 aromatic rings. The van der Waals surface area contributed by atoms with Crippen LogP contribution in [0.4, 0.5) is 0 Å². The fourth-order valence-electron chi connectivity index (χ4n) is 5.53. The Morgan fingerprint density at radius 2 is 1.70 bits per heavy atom. The van der Waals surface area contributed by atoms with Crippen molar-refractivity contribution in [3.05, 3.63) is 112 Å². The lowest BCUT2D eigenvalue weighted by atomic mass is 9.77. The van der Waals surface area contributed by atoms with E-state index in [1.165, 1.54) is 5.56 Å². The van der Waals surface area contributed by atoms with Crippen LogP contribution in [-0.2, 0) is 20.7 Å². The highest BCUT2D eigenvalue weighted by molar-refractivity contribution is 5.96. The minimum absolute atomic E-state index is 0.132. The third-order valence-corrected chi connectivity index (χ3v) is 8.45. The summed E-state index contributed by atoms with van der Waals surface area (Å²) in [5, 5.41) is 22.5. The molecule has 0 saturated carbocycles. The molecule has 0 aliphatic carbocycles. The molecule has 1 fully saturated rings. The minimum Gasteiger partial charge on any atom is -0.461 e. The number of hydrogen-bond acceptors (Lipinski definition) is 6. The Labute approximate surface area is 253 Å². The van der Waals surface area contributed by atoms with E-state index in [1.54, 1.807) is 6.08 Å². The molecule has 1 aliphatic rings. The van der Waals surface area contributed by atoms with Crippen molar-refractivity contribution in [3.8, 4) is 11.8 Å². The van der Waals surface area contributed by atoms with Crippen LogP contribution in [0.25, 0.3) is 17.0 Å². The lowest BCUT2D eigenvalue weighted by molar-refractivity contribution is -0.213. The first-order valence-electron chi connectivity index (χ1n) is 14.8. The molecule has 3 aromatic carbocycles. The summed E-state index contributed by atoms with van der Waals surface area (Å²) in [5.74, 6) is 6.69. The molecule has 222 valence electrons. The van der Waals surface area contributed by atoms with Gasteiger partial charge in [-0.3, -0.25) is 0 Å². The number of benzene rings is 3. The van der Waals surface area contributed by atoms with Crippen LogP contribution >= 0.6 is 0 Å². The Morgan fingerprint density at radius 1 is 1.00 bits per heavy atom. The Kier molecular flexibility index (Phi) is 9.17. The van der Waals surface area contributed by atoms with Gasteiger partial charge in [-0.15, -0.1) is 0 Å². The molecule has 0 bridgehead atoms. The van der Waals surface area contributed by atoms with Gasteiger partial charge in [0.15, 0.2) is 11.9 Å². The number of aliphatic hydroxyl groups excluding tert-OH is 2. The number of ether oxygens (including phenoxy) is 2. The second-order valence-corrected chi connectivity index (χ2v) is 11.5. The zero-order valence-corrected chi connectivity index (χ0v) is 24.9.